The summed E-state index contributed by atoms with van der Waals surface area (Å²) in [4.78, 5) is 22.8. The Balaban J connectivity index is 1.83. The minimum absolute atomic E-state index is 0.0215. The van der Waals surface area contributed by atoms with Crippen molar-refractivity contribution in [2.45, 2.75) is 25.8 Å². The maximum atomic E-state index is 11.7. The summed E-state index contributed by atoms with van der Waals surface area (Å²) in [6.45, 7) is 9.99. The lowest BCUT2D eigenvalue weighted by Gasteiger charge is -2.47. The molecule has 1 unspecified atom stereocenters. The topological polar surface area (TPSA) is 63.2 Å². The Kier molecular flexibility index (Phi) is 7.11. The van der Waals surface area contributed by atoms with E-state index in [1.807, 2.05) is 0 Å². The van der Waals surface area contributed by atoms with Gasteiger partial charge in [-0.05, 0) is 6.42 Å². The molecule has 3 aliphatic rings. The van der Waals surface area contributed by atoms with Crippen LogP contribution in [0.2, 0.25) is 0 Å². The molecule has 0 radical (unpaired) electrons. The monoisotopic (exact) mass is 324 g/mol. The highest BCUT2D eigenvalue weighted by Crippen LogP contribution is 2.14. The van der Waals surface area contributed by atoms with Gasteiger partial charge < -0.3 is 15.5 Å². The van der Waals surface area contributed by atoms with Gasteiger partial charge in [0.05, 0.1) is 0 Å². The van der Waals surface area contributed by atoms with E-state index in [9.17, 15) is 4.79 Å². The van der Waals surface area contributed by atoms with Crippen molar-refractivity contribution in [2.75, 3.05) is 66.5 Å². The summed E-state index contributed by atoms with van der Waals surface area (Å²) in [5, 5.41) is 6.76. The van der Waals surface area contributed by atoms with E-state index in [0.29, 0.717) is 6.04 Å². The summed E-state index contributed by atoms with van der Waals surface area (Å²) in [7, 11) is 3.52. The van der Waals surface area contributed by atoms with E-state index in [2.05, 4.69) is 32.3 Å². The number of unbranched alkanes of at least 4 members (excludes halogenated alkanes) is 1. The Morgan fingerprint density at radius 3 is 2.52 bits per heavy atom. The lowest BCUT2D eigenvalue weighted by molar-refractivity contribution is -0.127. The van der Waals surface area contributed by atoms with Crippen molar-refractivity contribution in [3.63, 3.8) is 0 Å². The van der Waals surface area contributed by atoms with E-state index < -0.39 is 0 Å². The second-order valence-corrected chi connectivity index (χ2v) is 6.60. The second kappa shape index (κ2) is 9.08. The molecule has 0 aliphatic carbocycles. The molecule has 3 heterocycles. The number of hydrogen-bond donors (Lipinski definition) is 2. The first-order valence-electron chi connectivity index (χ1n) is 8.79. The van der Waals surface area contributed by atoms with Crippen molar-refractivity contribution in [2.24, 2.45) is 4.99 Å². The standard InChI is InChI=1S/C16H32N6O/c1-4-5-6-17-16(19-12-15(23)20(2)3)18-11-14-13-21-7-9-22(14)10-8-21/h14H,4-13H2,1-3H3,(H2,17,18,19). The molecule has 7 heteroatoms. The normalized spacial score (nSPS) is 26.9. The van der Waals surface area contributed by atoms with Gasteiger partial charge in [-0.1, -0.05) is 13.3 Å². The predicted molar refractivity (Wildman–Crippen MR) is 93.7 cm³/mol. The number of guanidine groups is 1. The van der Waals surface area contributed by atoms with E-state index in [-0.39, 0.29) is 12.5 Å². The van der Waals surface area contributed by atoms with Crippen LogP contribution in [0, 0.1) is 0 Å². The molecule has 0 aromatic rings. The molecule has 3 aliphatic heterocycles. The molecule has 23 heavy (non-hydrogen) atoms. The van der Waals surface area contributed by atoms with Crippen LogP contribution in [-0.4, -0.2) is 99.1 Å². The molecule has 3 fully saturated rings. The smallest absolute Gasteiger partial charge is 0.243 e. The molecule has 1 atom stereocenters. The number of amides is 1. The number of rotatable bonds is 7. The average molecular weight is 324 g/mol. The lowest BCUT2D eigenvalue weighted by Crippen LogP contribution is -2.63. The molecular formula is C16H32N6O. The van der Waals surface area contributed by atoms with Crippen LogP contribution in [0.15, 0.2) is 4.99 Å². The number of carbonyl (C=O) groups is 1. The Labute approximate surface area is 140 Å². The molecule has 0 aromatic carbocycles. The summed E-state index contributed by atoms with van der Waals surface area (Å²) in [6, 6.07) is 0.542. The zero-order valence-electron chi connectivity index (χ0n) is 14.8. The van der Waals surface area contributed by atoms with Gasteiger partial charge >= 0.3 is 0 Å². The maximum Gasteiger partial charge on any atom is 0.243 e. The lowest BCUT2D eigenvalue weighted by atomic mass is 10.1. The van der Waals surface area contributed by atoms with Gasteiger partial charge in [0, 0.05) is 66.0 Å². The van der Waals surface area contributed by atoms with Crippen molar-refractivity contribution in [1.82, 2.24) is 25.3 Å². The van der Waals surface area contributed by atoms with E-state index >= 15 is 0 Å². The molecule has 2 N–H and O–H groups in total. The number of carbonyl (C=O) groups excluding carboxylic acids is 1. The highest BCUT2D eigenvalue weighted by atomic mass is 16.2. The fourth-order valence-corrected chi connectivity index (χ4v) is 2.98. The molecular weight excluding hydrogens is 292 g/mol. The Bertz CT molecular complexity index is 403. The quantitative estimate of drug-likeness (QED) is 0.372. The van der Waals surface area contributed by atoms with E-state index in [0.717, 1.165) is 38.4 Å². The zero-order valence-corrected chi connectivity index (χ0v) is 14.8. The first kappa shape index (κ1) is 18.0. The highest BCUT2D eigenvalue weighted by molar-refractivity contribution is 5.84. The molecule has 0 aromatic heterocycles. The zero-order chi connectivity index (χ0) is 16.7. The third-order valence-electron chi connectivity index (χ3n) is 4.59. The minimum atomic E-state index is 0.0215. The van der Waals surface area contributed by atoms with Gasteiger partial charge in [-0.2, -0.15) is 0 Å². The SMILES string of the molecule is CCCCNC(=NCC(=O)N(C)C)NCC1CN2CCN1CC2. The van der Waals surface area contributed by atoms with Crippen molar-refractivity contribution in [3.05, 3.63) is 0 Å². The maximum absolute atomic E-state index is 11.7. The van der Waals surface area contributed by atoms with Crippen molar-refractivity contribution in [3.8, 4) is 0 Å². The molecule has 7 nitrogen and oxygen atoms in total. The molecule has 0 saturated carbocycles. The summed E-state index contributed by atoms with van der Waals surface area (Å²) >= 11 is 0. The van der Waals surface area contributed by atoms with Gasteiger partial charge in [0.15, 0.2) is 5.96 Å². The van der Waals surface area contributed by atoms with Crippen molar-refractivity contribution < 1.29 is 4.79 Å². The van der Waals surface area contributed by atoms with E-state index in [1.54, 1.807) is 19.0 Å². The second-order valence-electron chi connectivity index (χ2n) is 6.60. The largest absolute Gasteiger partial charge is 0.356 e. The highest BCUT2D eigenvalue weighted by Gasteiger charge is 2.31. The summed E-state index contributed by atoms with van der Waals surface area (Å²) in [6.07, 6.45) is 2.24. The van der Waals surface area contributed by atoms with Crippen LogP contribution in [0.25, 0.3) is 0 Å². The van der Waals surface area contributed by atoms with E-state index in [4.69, 9.17) is 0 Å². The van der Waals surface area contributed by atoms with Crippen LogP contribution in [0.4, 0.5) is 0 Å². The van der Waals surface area contributed by atoms with Crippen LogP contribution < -0.4 is 10.6 Å². The van der Waals surface area contributed by atoms with Crippen molar-refractivity contribution in [1.29, 1.82) is 0 Å². The third-order valence-corrected chi connectivity index (χ3v) is 4.59. The molecule has 2 bridgehead atoms. The van der Waals surface area contributed by atoms with Crippen LogP contribution in [0.1, 0.15) is 19.8 Å². The fourth-order valence-electron chi connectivity index (χ4n) is 2.98. The first-order valence-corrected chi connectivity index (χ1v) is 8.79. The average Bonchev–Trinajstić information content (AvgIpc) is 2.57. The van der Waals surface area contributed by atoms with Gasteiger partial charge in [-0.25, -0.2) is 4.99 Å². The summed E-state index contributed by atoms with van der Waals surface area (Å²) < 4.78 is 0. The molecule has 3 rings (SSSR count). The predicted octanol–water partition coefficient (Wildman–Crippen LogP) is -0.590. The molecule has 132 valence electrons. The number of hydrogen-bond acceptors (Lipinski definition) is 4. The number of nitrogens with zero attached hydrogens (tertiary/aromatic N) is 4. The fraction of sp³-hybridized carbons (Fsp3) is 0.875. The Morgan fingerprint density at radius 1 is 1.22 bits per heavy atom. The van der Waals surface area contributed by atoms with Gasteiger partial charge in [-0.15, -0.1) is 0 Å². The van der Waals surface area contributed by atoms with Crippen LogP contribution in [0.3, 0.4) is 0 Å². The summed E-state index contributed by atoms with van der Waals surface area (Å²) in [5.41, 5.74) is 0. The van der Waals surface area contributed by atoms with Gasteiger partial charge in [0.2, 0.25) is 5.91 Å². The van der Waals surface area contributed by atoms with Crippen LogP contribution >= 0.6 is 0 Å². The van der Waals surface area contributed by atoms with E-state index in [1.165, 1.54) is 26.2 Å². The molecule has 3 saturated heterocycles. The van der Waals surface area contributed by atoms with Crippen molar-refractivity contribution >= 4 is 11.9 Å². The number of aliphatic imine (C=N–C) groups is 1. The molecule has 1 amide bonds. The van der Waals surface area contributed by atoms with Gasteiger partial charge in [0.25, 0.3) is 0 Å². The number of fused-ring (bicyclic) bond motifs is 3. The Hall–Kier alpha value is -1.34. The Morgan fingerprint density at radius 2 is 1.96 bits per heavy atom. The summed E-state index contributed by atoms with van der Waals surface area (Å²) in [5.74, 6) is 0.777. The van der Waals surface area contributed by atoms with Gasteiger partial charge in [0.1, 0.15) is 6.54 Å². The van der Waals surface area contributed by atoms with Crippen LogP contribution in [0.5, 0.6) is 0 Å². The minimum Gasteiger partial charge on any atom is -0.356 e. The van der Waals surface area contributed by atoms with Crippen LogP contribution in [-0.2, 0) is 4.79 Å². The third kappa shape index (κ3) is 5.66. The molecule has 0 spiro atoms. The number of piperazine rings is 3. The number of nitrogens with one attached hydrogen (secondary N) is 2. The number of likely N-dealkylation sites (N-methyl/N-ethyl adjacent to an activating group) is 1. The first-order chi connectivity index (χ1) is 11.1. The van der Waals surface area contributed by atoms with Gasteiger partial charge in [-0.3, -0.25) is 14.6 Å².